The van der Waals surface area contributed by atoms with Gasteiger partial charge in [0, 0.05) is 12.1 Å². The molecule has 0 aliphatic carbocycles. The molecule has 80 valence electrons. The predicted molar refractivity (Wildman–Crippen MR) is 54.3 cm³/mol. The second-order valence-corrected chi connectivity index (χ2v) is 3.23. The molecule has 1 unspecified atom stereocenters. The molecule has 0 bridgehead atoms. The Morgan fingerprint density at radius 3 is 2.87 bits per heavy atom. The summed E-state index contributed by atoms with van der Waals surface area (Å²) in [4.78, 5) is 25.6. The van der Waals surface area contributed by atoms with Crippen LogP contribution in [0.25, 0.3) is 0 Å². The van der Waals surface area contributed by atoms with Crippen molar-refractivity contribution >= 4 is 17.6 Å². The van der Waals surface area contributed by atoms with Crippen LogP contribution in [0, 0.1) is 5.92 Å². The van der Waals surface area contributed by atoms with Gasteiger partial charge in [0.25, 0.3) is 0 Å². The number of nitrogens with one attached hydrogen (secondary N) is 1. The molecule has 0 saturated carbocycles. The molecule has 0 spiro atoms. The molecule has 0 aliphatic heterocycles. The normalized spacial score (nSPS) is 11.8. The number of carboxylic acids is 1. The zero-order chi connectivity index (χ0) is 11.3. The molecule has 0 fully saturated rings. The summed E-state index contributed by atoms with van der Waals surface area (Å²) < 4.78 is 0. The highest BCUT2D eigenvalue weighted by Gasteiger charge is 2.16. The van der Waals surface area contributed by atoms with Crippen molar-refractivity contribution in [3.8, 4) is 0 Å². The standard InChI is InChI=1S/C10H12N2O3/c1-7(5-9(13)14)10(15)12-8-3-2-4-11-6-8/h2-4,6-7H,5H2,1H3,(H,12,15)(H,13,14). The summed E-state index contributed by atoms with van der Waals surface area (Å²) in [5.41, 5.74) is 0.569. The van der Waals surface area contributed by atoms with Gasteiger partial charge in [0.05, 0.1) is 18.3 Å². The number of carbonyl (C=O) groups is 2. The number of amides is 1. The number of rotatable bonds is 4. The Labute approximate surface area is 87.1 Å². The zero-order valence-electron chi connectivity index (χ0n) is 8.30. The first-order valence-corrected chi connectivity index (χ1v) is 4.52. The molecule has 5 nitrogen and oxygen atoms in total. The highest BCUT2D eigenvalue weighted by molar-refractivity contribution is 5.93. The molecule has 15 heavy (non-hydrogen) atoms. The Bertz CT molecular complexity index is 351. The SMILES string of the molecule is CC(CC(=O)O)C(=O)Nc1cccnc1. The lowest BCUT2D eigenvalue weighted by atomic mass is 10.1. The van der Waals surface area contributed by atoms with Crippen molar-refractivity contribution in [3.05, 3.63) is 24.5 Å². The summed E-state index contributed by atoms with van der Waals surface area (Å²) in [6.07, 6.45) is 2.92. The molecule has 1 rings (SSSR count). The van der Waals surface area contributed by atoms with Crippen molar-refractivity contribution in [1.82, 2.24) is 4.98 Å². The van der Waals surface area contributed by atoms with Crippen molar-refractivity contribution < 1.29 is 14.7 Å². The number of anilines is 1. The van der Waals surface area contributed by atoms with Crippen LogP contribution >= 0.6 is 0 Å². The fourth-order valence-corrected chi connectivity index (χ4v) is 1.06. The van der Waals surface area contributed by atoms with Crippen LogP contribution in [0.2, 0.25) is 0 Å². The van der Waals surface area contributed by atoms with E-state index in [0.717, 1.165) is 0 Å². The van der Waals surface area contributed by atoms with Crippen LogP contribution in [-0.2, 0) is 9.59 Å². The first-order valence-electron chi connectivity index (χ1n) is 4.52. The first-order chi connectivity index (χ1) is 7.09. The summed E-state index contributed by atoms with van der Waals surface area (Å²) in [7, 11) is 0. The van der Waals surface area contributed by atoms with E-state index in [1.807, 2.05) is 0 Å². The van der Waals surface area contributed by atoms with E-state index in [4.69, 9.17) is 5.11 Å². The minimum atomic E-state index is -0.983. The van der Waals surface area contributed by atoms with E-state index < -0.39 is 11.9 Å². The summed E-state index contributed by atoms with van der Waals surface area (Å²) >= 11 is 0. The predicted octanol–water partition coefficient (Wildman–Crippen LogP) is 1.13. The summed E-state index contributed by atoms with van der Waals surface area (Å²) in [5.74, 6) is -1.85. The smallest absolute Gasteiger partial charge is 0.304 e. The van der Waals surface area contributed by atoms with Gasteiger partial charge < -0.3 is 10.4 Å². The topological polar surface area (TPSA) is 79.3 Å². The third-order valence-corrected chi connectivity index (χ3v) is 1.86. The minimum Gasteiger partial charge on any atom is -0.481 e. The molecule has 0 saturated heterocycles. The molecular weight excluding hydrogens is 196 g/mol. The lowest BCUT2D eigenvalue weighted by Crippen LogP contribution is -2.22. The number of aliphatic carboxylic acids is 1. The van der Waals surface area contributed by atoms with Crippen LogP contribution in [0.15, 0.2) is 24.5 Å². The Morgan fingerprint density at radius 1 is 1.60 bits per heavy atom. The van der Waals surface area contributed by atoms with Crippen molar-refractivity contribution in [2.45, 2.75) is 13.3 Å². The summed E-state index contributed by atoms with van der Waals surface area (Å²) in [6.45, 7) is 1.57. The van der Waals surface area contributed by atoms with E-state index in [2.05, 4.69) is 10.3 Å². The molecule has 1 amide bonds. The van der Waals surface area contributed by atoms with Gasteiger partial charge in [-0.3, -0.25) is 14.6 Å². The average Bonchev–Trinajstić information content (AvgIpc) is 2.18. The van der Waals surface area contributed by atoms with Gasteiger partial charge in [-0.15, -0.1) is 0 Å². The molecule has 1 aromatic heterocycles. The first kappa shape index (κ1) is 11.2. The van der Waals surface area contributed by atoms with Crippen LogP contribution in [0.1, 0.15) is 13.3 Å². The van der Waals surface area contributed by atoms with Crippen molar-refractivity contribution in [3.63, 3.8) is 0 Å². The number of pyridine rings is 1. The molecule has 0 aliphatic rings. The number of nitrogens with zero attached hydrogens (tertiary/aromatic N) is 1. The van der Waals surface area contributed by atoms with Crippen molar-refractivity contribution in [2.24, 2.45) is 5.92 Å². The Balaban J connectivity index is 2.52. The largest absolute Gasteiger partial charge is 0.481 e. The molecule has 5 heteroatoms. The maximum Gasteiger partial charge on any atom is 0.304 e. The zero-order valence-corrected chi connectivity index (χ0v) is 8.30. The van der Waals surface area contributed by atoms with Crippen LogP contribution in [-0.4, -0.2) is 22.0 Å². The lowest BCUT2D eigenvalue weighted by Gasteiger charge is -2.09. The fraction of sp³-hybridized carbons (Fsp3) is 0.300. The van der Waals surface area contributed by atoms with Crippen LogP contribution in [0.5, 0.6) is 0 Å². The molecular formula is C10H12N2O3. The van der Waals surface area contributed by atoms with Gasteiger partial charge in [0.1, 0.15) is 0 Å². The molecule has 0 radical (unpaired) electrons. The van der Waals surface area contributed by atoms with E-state index in [-0.39, 0.29) is 12.3 Å². The Hall–Kier alpha value is -1.91. The van der Waals surface area contributed by atoms with Gasteiger partial charge in [0.15, 0.2) is 0 Å². The number of hydrogen-bond acceptors (Lipinski definition) is 3. The average molecular weight is 208 g/mol. The maximum atomic E-state index is 11.4. The van der Waals surface area contributed by atoms with E-state index in [9.17, 15) is 9.59 Å². The number of carboxylic acid groups (broad SMARTS) is 1. The second-order valence-electron chi connectivity index (χ2n) is 3.23. The van der Waals surface area contributed by atoms with E-state index in [1.165, 1.54) is 6.20 Å². The van der Waals surface area contributed by atoms with Crippen LogP contribution in [0.3, 0.4) is 0 Å². The minimum absolute atomic E-state index is 0.175. The molecule has 1 heterocycles. The molecule has 2 N–H and O–H groups in total. The fourth-order valence-electron chi connectivity index (χ4n) is 1.06. The highest BCUT2D eigenvalue weighted by atomic mass is 16.4. The number of aromatic nitrogens is 1. The number of hydrogen-bond donors (Lipinski definition) is 2. The third-order valence-electron chi connectivity index (χ3n) is 1.86. The van der Waals surface area contributed by atoms with Gasteiger partial charge in [-0.05, 0) is 12.1 Å². The van der Waals surface area contributed by atoms with E-state index in [1.54, 1.807) is 25.3 Å². The van der Waals surface area contributed by atoms with Gasteiger partial charge in [0.2, 0.25) is 5.91 Å². The van der Waals surface area contributed by atoms with Gasteiger partial charge in [-0.2, -0.15) is 0 Å². The van der Waals surface area contributed by atoms with Crippen molar-refractivity contribution in [1.29, 1.82) is 0 Å². The highest BCUT2D eigenvalue weighted by Crippen LogP contribution is 2.08. The monoisotopic (exact) mass is 208 g/mol. The summed E-state index contributed by atoms with van der Waals surface area (Å²) in [5, 5.41) is 11.1. The van der Waals surface area contributed by atoms with E-state index in [0.29, 0.717) is 5.69 Å². The van der Waals surface area contributed by atoms with E-state index >= 15 is 0 Å². The molecule has 0 aromatic carbocycles. The quantitative estimate of drug-likeness (QED) is 0.777. The third kappa shape index (κ3) is 3.76. The van der Waals surface area contributed by atoms with Crippen molar-refractivity contribution in [2.75, 3.05) is 5.32 Å². The Morgan fingerprint density at radius 2 is 2.33 bits per heavy atom. The second kappa shape index (κ2) is 5.09. The van der Waals surface area contributed by atoms with Gasteiger partial charge in [-0.1, -0.05) is 6.92 Å². The Kier molecular flexibility index (Phi) is 3.79. The molecule has 1 atom stereocenters. The van der Waals surface area contributed by atoms with Crippen LogP contribution in [0.4, 0.5) is 5.69 Å². The van der Waals surface area contributed by atoms with Gasteiger partial charge in [-0.25, -0.2) is 0 Å². The van der Waals surface area contributed by atoms with Gasteiger partial charge >= 0.3 is 5.97 Å². The molecule has 1 aromatic rings. The van der Waals surface area contributed by atoms with Crippen LogP contribution < -0.4 is 5.32 Å². The lowest BCUT2D eigenvalue weighted by molar-refractivity contribution is -0.139. The maximum absolute atomic E-state index is 11.4. The number of carbonyl (C=O) groups excluding carboxylic acids is 1. The summed E-state index contributed by atoms with van der Waals surface area (Å²) in [6, 6.07) is 3.38.